The van der Waals surface area contributed by atoms with Gasteiger partial charge in [0.25, 0.3) is 0 Å². The highest BCUT2D eigenvalue weighted by Gasteiger charge is 2.82. The third-order valence-electron chi connectivity index (χ3n) is 8.72. The number of ether oxygens (including phenoxy) is 1. The van der Waals surface area contributed by atoms with E-state index >= 15 is 0 Å². The molecule has 3 N–H and O–H groups in total. The largest absolute Gasteiger partial charge is 0.390 e. The minimum Gasteiger partial charge on any atom is -0.390 e. The lowest BCUT2D eigenvalue weighted by molar-refractivity contribution is -0.173. The van der Waals surface area contributed by atoms with Gasteiger partial charge >= 0.3 is 0 Å². The Labute approximate surface area is 157 Å². The van der Waals surface area contributed by atoms with E-state index in [0.29, 0.717) is 12.8 Å². The molecule has 6 heteroatoms. The smallest absolute Gasteiger partial charge is 0.192 e. The van der Waals surface area contributed by atoms with Crippen molar-refractivity contribution < 1.29 is 29.6 Å². The van der Waals surface area contributed by atoms with Gasteiger partial charge in [-0.3, -0.25) is 9.59 Å². The van der Waals surface area contributed by atoms with Crippen LogP contribution < -0.4 is 0 Å². The third-order valence-corrected chi connectivity index (χ3v) is 8.72. The minimum absolute atomic E-state index is 0.00868. The molecular formula is C21H26O6. The minimum atomic E-state index is -1.94. The lowest BCUT2D eigenvalue weighted by Crippen LogP contribution is -2.63. The molecule has 0 amide bonds. The average Bonchev–Trinajstić information content (AvgIpc) is 3.31. The van der Waals surface area contributed by atoms with Crippen LogP contribution in [-0.4, -0.2) is 56.9 Å². The van der Waals surface area contributed by atoms with Crippen LogP contribution in [0.2, 0.25) is 0 Å². The maximum atomic E-state index is 12.5. The molecule has 0 aromatic carbocycles. The van der Waals surface area contributed by atoms with Crippen LogP contribution in [0.5, 0.6) is 0 Å². The molecule has 0 bridgehead atoms. The van der Waals surface area contributed by atoms with Crippen LogP contribution in [0, 0.1) is 22.7 Å². The predicted molar refractivity (Wildman–Crippen MR) is 94.5 cm³/mol. The molecule has 0 unspecified atom stereocenters. The zero-order valence-corrected chi connectivity index (χ0v) is 15.6. The van der Waals surface area contributed by atoms with Crippen molar-refractivity contribution in [3.05, 3.63) is 23.8 Å². The lowest BCUT2D eigenvalue weighted by Gasteiger charge is -2.55. The second kappa shape index (κ2) is 4.98. The molecule has 0 aromatic heterocycles. The number of fused-ring (bicyclic) bond motifs is 3. The Balaban J connectivity index is 1.60. The van der Waals surface area contributed by atoms with Crippen molar-refractivity contribution in [2.75, 3.05) is 6.61 Å². The molecule has 0 aromatic rings. The summed E-state index contributed by atoms with van der Waals surface area (Å²) in [7, 11) is 0. The molecule has 4 fully saturated rings. The number of carbonyl (C=O) groups excluding carboxylic acids is 2. The van der Waals surface area contributed by atoms with Crippen molar-refractivity contribution in [3.63, 3.8) is 0 Å². The molecule has 6 nitrogen and oxygen atoms in total. The maximum Gasteiger partial charge on any atom is 0.192 e. The fraction of sp³-hybridized carbons (Fsp3) is 0.714. The summed E-state index contributed by atoms with van der Waals surface area (Å²) < 4.78 is 6.35. The number of carbonyl (C=O) groups is 2. The summed E-state index contributed by atoms with van der Waals surface area (Å²) in [5.74, 6) is -0.708. The van der Waals surface area contributed by atoms with Crippen LogP contribution in [0.3, 0.4) is 0 Å². The second-order valence-corrected chi connectivity index (χ2v) is 9.48. The number of hydrogen-bond donors (Lipinski definition) is 3. The Kier molecular flexibility index (Phi) is 3.27. The Morgan fingerprint density at radius 1 is 1.33 bits per heavy atom. The quantitative estimate of drug-likeness (QED) is 0.614. The third kappa shape index (κ3) is 1.73. The summed E-state index contributed by atoms with van der Waals surface area (Å²) in [6.45, 7) is 3.20. The molecule has 4 aliphatic carbocycles. The van der Waals surface area contributed by atoms with Crippen LogP contribution in [-0.2, 0) is 14.3 Å². The van der Waals surface area contributed by atoms with Gasteiger partial charge in [0, 0.05) is 10.8 Å². The van der Waals surface area contributed by atoms with Gasteiger partial charge in [0.1, 0.15) is 12.2 Å². The first-order valence-electron chi connectivity index (χ1n) is 9.82. The highest BCUT2D eigenvalue weighted by atomic mass is 16.6. The van der Waals surface area contributed by atoms with E-state index in [0.717, 1.165) is 18.4 Å². The average molecular weight is 374 g/mol. The van der Waals surface area contributed by atoms with Crippen molar-refractivity contribution in [1.82, 2.24) is 0 Å². The zero-order chi connectivity index (χ0) is 19.4. The summed E-state index contributed by atoms with van der Waals surface area (Å²) in [4.78, 5) is 24.3. The molecule has 5 rings (SSSR count). The number of aliphatic hydroxyl groups excluding tert-OH is 2. The zero-order valence-electron chi connectivity index (χ0n) is 15.6. The molecule has 3 saturated carbocycles. The number of aliphatic hydroxyl groups is 3. The van der Waals surface area contributed by atoms with Crippen LogP contribution in [0.1, 0.15) is 39.5 Å². The summed E-state index contributed by atoms with van der Waals surface area (Å²) in [6.07, 6.45) is 6.33. The molecule has 1 spiro atoms. The number of Topliss-reactive ketones (excluding diaryl/α,β-unsaturated/α-hetero) is 1. The monoisotopic (exact) mass is 374 g/mol. The molecule has 5 aliphatic rings. The van der Waals surface area contributed by atoms with E-state index in [1.165, 1.54) is 0 Å². The van der Waals surface area contributed by atoms with Gasteiger partial charge in [-0.05, 0) is 56.6 Å². The number of ketones is 2. The van der Waals surface area contributed by atoms with Gasteiger partial charge < -0.3 is 20.1 Å². The fourth-order valence-electron chi connectivity index (χ4n) is 7.29. The highest BCUT2D eigenvalue weighted by Crippen LogP contribution is 2.75. The molecule has 1 aliphatic heterocycles. The van der Waals surface area contributed by atoms with Gasteiger partial charge in [-0.2, -0.15) is 0 Å². The number of hydrogen-bond acceptors (Lipinski definition) is 6. The normalized spacial score (nSPS) is 55.1. The van der Waals surface area contributed by atoms with Gasteiger partial charge in [-0.1, -0.05) is 18.6 Å². The highest BCUT2D eigenvalue weighted by molar-refractivity contribution is 6.01. The van der Waals surface area contributed by atoms with Crippen LogP contribution in [0.4, 0.5) is 0 Å². The predicted octanol–water partition coefficient (Wildman–Crippen LogP) is 0.689. The van der Waals surface area contributed by atoms with Gasteiger partial charge in [-0.15, -0.1) is 0 Å². The Morgan fingerprint density at radius 3 is 2.78 bits per heavy atom. The standard InChI is InChI=1S/C21H26O6/c1-18-6-5-12(23)7-11(18)3-4-13-14-8-15(24)20(26,16(25)10-22)19(14,2)9-17-21(13,18)27-17/h5-7,13-15,17,22,24,26H,3-4,8-10H2,1-2H3/t13-,14-,15+,17+,18-,19-,20-,21+/m0/s1. The van der Waals surface area contributed by atoms with Crippen LogP contribution in [0.25, 0.3) is 0 Å². The summed E-state index contributed by atoms with van der Waals surface area (Å²) in [6, 6.07) is 0. The number of allylic oxidation sites excluding steroid dienone is 2. The second-order valence-electron chi connectivity index (χ2n) is 9.48. The van der Waals surface area contributed by atoms with E-state index < -0.39 is 35.1 Å². The Bertz CT molecular complexity index is 815. The molecule has 27 heavy (non-hydrogen) atoms. The first kappa shape index (κ1) is 17.7. The van der Waals surface area contributed by atoms with Gasteiger partial charge in [-0.25, -0.2) is 0 Å². The Hall–Kier alpha value is -1.34. The number of epoxide rings is 1. The van der Waals surface area contributed by atoms with Gasteiger partial charge in [0.15, 0.2) is 17.2 Å². The first-order valence-corrected chi connectivity index (χ1v) is 9.82. The molecular weight excluding hydrogens is 348 g/mol. The molecule has 8 atom stereocenters. The first-order chi connectivity index (χ1) is 12.6. The van der Waals surface area contributed by atoms with Crippen molar-refractivity contribution in [1.29, 1.82) is 0 Å². The number of rotatable bonds is 2. The van der Waals surface area contributed by atoms with E-state index in [4.69, 9.17) is 4.74 Å². The molecule has 1 saturated heterocycles. The van der Waals surface area contributed by atoms with E-state index in [-0.39, 0.29) is 29.1 Å². The molecule has 1 heterocycles. The van der Waals surface area contributed by atoms with Gasteiger partial charge in [0.2, 0.25) is 0 Å². The van der Waals surface area contributed by atoms with Crippen molar-refractivity contribution in [2.45, 2.75) is 62.9 Å². The molecule has 146 valence electrons. The summed E-state index contributed by atoms with van der Waals surface area (Å²) in [5.41, 5.74) is -2.50. The van der Waals surface area contributed by atoms with E-state index in [2.05, 4.69) is 6.92 Å². The van der Waals surface area contributed by atoms with E-state index in [9.17, 15) is 24.9 Å². The SMILES string of the molecule is C[C@]12C=CC(=O)C=C1CC[C@H]1[C@@H]3C[C@@H](O)[C@](O)(C(=O)CO)[C@@]3(C)C[C@H]3O[C@@]312. The van der Waals surface area contributed by atoms with Gasteiger partial charge in [0.05, 0.1) is 12.2 Å². The summed E-state index contributed by atoms with van der Waals surface area (Å²) in [5, 5.41) is 31.3. The van der Waals surface area contributed by atoms with Crippen molar-refractivity contribution in [2.24, 2.45) is 22.7 Å². The Morgan fingerprint density at radius 2 is 2.07 bits per heavy atom. The van der Waals surface area contributed by atoms with Crippen LogP contribution >= 0.6 is 0 Å². The summed E-state index contributed by atoms with van der Waals surface area (Å²) >= 11 is 0. The lowest BCUT2D eigenvalue weighted by atomic mass is 9.47. The van der Waals surface area contributed by atoms with Crippen LogP contribution in [0.15, 0.2) is 23.8 Å². The topological polar surface area (TPSA) is 107 Å². The van der Waals surface area contributed by atoms with Crippen molar-refractivity contribution in [3.8, 4) is 0 Å². The maximum absolute atomic E-state index is 12.5. The van der Waals surface area contributed by atoms with Crippen molar-refractivity contribution >= 4 is 11.6 Å². The fourth-order valence-corrected chi connectivity index (χ4v) is 7.29. The molecule has 0 radical (unpaired) electrons. The van der Waals surface area contributed by atoms with E-state index in [1.807, 2.05) is 13.0 Å². The van der Waals surface area contributed by atoms with E-state index in [1.54, 1.807) is 12.2 Å².